The minimum absolute atomic E-state index is 0.0216. The maximum atomic E-state index is 11.9. The molecule has 1 aliphatic rings. The van der Waals surface area contributed by atoms with Crippen molar-refractivity contribution < 1.29 is 24.0 Å². The Morgan fingerprint density at radius 1 is 1.26 bits per heavy atom. The number of primary amides is 1. The summed E-state index contributed by atoms with van der Waals surface area (Å²) in [5.74, 6) is -0.789. The normalized spacial score (nSPS) is 14.8. The maximum absolute atomic E-state index is 11.9. The Morgan fingerprint density at radius 2 is 1.88 bits per heavy atom. The molecule has 11 heteroatoms. The highest BCUT2D eigenvalue weighted by molar-refractivity contribution is 6.34. The van der Waals surface area contributed by atoms with Gasteiger partial charge < -0.3 is 20.5 Å². The fourth-order valence-corrected chi connectivity index (χ4v) is 3.36. The van der Waals surface area contributed by atoms with Crippen LogP contribution >= 0.6 is 11.6 Å². The number of ether oxygens (including phenoxy) is 2. The Hall–Kier alpha value is -2.85. The molecule has 190 valence electrons. The molecule has 0 saturated carbocycles. The second kappa shape index (κ2) is 13.8. The summed E-state index contributed by atoms with van der Waals surface area (Å²) in [6.07, 6.45) is 4.93. The number of likely N-dealkylation sites (tertiary alicyclic amines) is 1. The van der Waals surface area contributed by atoms with Crippen LogP contribution in [-0.2, 0) is 4.74 Å². The summed E-state index contributed by atoms with van der Waals surface area (Å²) in [4.78, 5) is 35.9. The van der Waals surface area contributed by atoms with Crippen LogP contribution in [0.25, 0.3) is 0 Å². The molecule has 1 aromatic rings. The van der Waals surface area contributed by atoms with Gasteiger partial charge in [0.1, 0.15) is 18.0 Å². The van der Waals surface area contributed by atoms with Gasteiger partial charge in [0, 0.05) is 37.3 Å². The summed E-state index contributed by atoms with van der Waals surface area (Å²) in [5, 5.41) is 13.8. The summed E-state index contributed by atoms with van der Waals surface area (Å²) in [6.45, 7) is 11.9. The van der Waals surface area contributed by atoms with Gasteiger partial charge in [-0.2, -0.15) is 0 Å². The van der Waals surface area contributed by atoms with E-state index in [1.54, 1.807) is 6.08 Å². The Bertz CT molecular complexity index is 877. The molecule has 1 aliphatic heterocycles. The molecular weight excluding hydrogens is 464 g/mol. The van der Waals surface area contributed by atoms with Crippen molar-refractivity contribution >= 4 is 29.3 Å². The zero-order valence-corrected chi connectivity index (χ0v) is 21.2. The van der Waals surface area contributed by atoms with E-state index in [1.807, 2.05) is 40.7 Å². The van der Waals surface area contributed by atoms with E-state index in [0.717, 1.165) is 32.0 Å². The highest BCUT2D eigenvalue weighted by atomic mass is 35.5. The van der Waals surface area contributed by atoms with E-state index in [4.69, 9.17) is 26.8 Å². The molecule has 0 radical (unpaired) electrons. The zero-order valence-electron chi connectivity index (χ0n) is 20.4. The van der Waals surface area contributed by atoms with Crippen molar-refractivity contribution in [1.82, 2.24) is 10.2 Å². The third-order valence-corrected chi connectivity index (χ3v) is 5.05. The third-order valence-electron chi connectivity index (χ3n) is 4.68. The molecule has 1 fully saturated rings. The number of halogens is 1. The molecule has 1 saturated heterocycles. The Balaban J connectivity index is 0.00000281. The SMILES string of the molecule is CC.CC(C)(C)OC(=O)NC1CCN(C/C=C/COc2cc(C(N)=O)cc([N+](=O)[O-])c2Cl)CC1. The lowest BCUT2D eigenvalue weighted by molar-refractivity contribution is -0.384. The van der Waals surface area contributed by atoms with E-state index in [0.29, 0.717) is 6.54 Å². The quantitative estimate of drug-likeness (QED) is 0.309. The van der Waals surface area contributed by atoms with Crippen LogP contribution in [0, 0.1) is 10.1 Å². The Morgan fingerprint density at radius 3 is 2.41 bits per heavy atom. The minimum Gasteiger partial charge on any atom is -0.488 e. The Kier molecular flexibility index (Phi) is 11.8. The number of benzene rings is 1. The van der Waals surface area contributed by atoms with Crippen molar-refractivity contribution in [1.29, 1.82) is 0 Å². The van der Waals surface area contributed by atoms with Crippen molar-refractivity contribution in [2.45, 2.75) is 59.1 Å². The van der Waals surface area contributed by atoms with Crippen LogP contribution in [0.3, 0.4) is 0 Å². The number of nitro groups is 1. The van der Waals surface area contributed by atoms with Crippen LogP contribution < -0.4 is 15.8 Å². The summed E-state index contributed by atoms with van der Waals surface area (Å²) in [5.41, 5.74) is 4.20. The number of nitrogens with zero attached hydrogens (tertiary/aromatic N) is 2. The van der Waals surface area contributed by atoms with E-state index >= 15 is 0 Å². The molecule has 0 aromatic heterocycles. The molecule has 0 aliphatic carbocycles. The van der Waals surface area contributed by atoms with Crippen molar-refractivity contribution in [3.63, 3.8) is 0 Å². The van der Waals surface area contributed by atoms with Crippen LogP contribution in [0.2, 0.25) is 5.02 Å². The fourth-order valence-electron chi connectivity index (χ4n) is 3.13. The van der Waals surface area contributed by atoms with Gasteiger partial charge in [-0.25, -0.2) is 4.79 Å². The number of nitro benzene ring substituents is 1. The molecule has 0 unspecified atom stereocenters. The molecule has 0 spiro atoms. The number of carbonyl (C=O) groups excluding carboxylic acids is 2. The number of amides is 2. The number of piperidine rings is 1. The van der Waals surface area contributed by atoms with Gasteiger partial charge in [-0.3, -0.25) is 19.8 Å². The standard InChI is InChI=1S/C21H29ClN4O6.C2H6/c1-21(2,3)32-20(28)24-15-6-9-25(10-7-15)8-4-5-11-31-17-13-14(19(23)27)12-16(18(17)22)26(29)30;1-2/h4-5,12-13,15H,6-11H2,1-3H3,(H2,23,27)(H,24,28);1-2H3/b5-4+;. The molecule has 10 nitrogen and oxygen atoms in total. The Labute approximate surface area is 205 Å². The molecule has 2 rings (SSSR count). The average Bonchev–Trinajstić information content (AvgIpc) is 2.75. The molecule has 1 heterocycles. The van der Waals surface area contributed by atoms with Crippen molar-refractivity contribution in [2.24, 2.45) is 5.73 Å². The van der Waals surface area contributed by atoms with Crippen molar-refractivity contribution in [3.05, 3.63) is 45.0 Å². The minimum atomic E-state index is -0.810. The number of nitrogens with two attached hydrogens (primary N) is 1. The molecular formula is C23H35ClN4O6. The van der Waals surface area contributed by atoms with Crippen LogP contribution in [0.1, 0.15) is 57.8 Å². The lowest BCUT2D eigenvalue weighted by atomic mass is 10.1. The summed E-state index contributed by atoms with van der Waals surface area (Å²) < 4.78 is 10.8. The van der Waals surface area contributed by atoms with E-state index in [-0.39, 0.29) is 29.0 Å². The van der Waals surface area contributed by atoms with Crippen molar-refractivity contribution in [2.75, 3.05) is 26.2 Å². The second-order valence-corrected chi connectivity index (χ2v) is 8.81. The zero-order chi connectivity index (χ0) is 25.9. The first-order chi connectivity index (χ1) is 16.0. The van der Waals surface area contributed by atoms with E-state index < -0.39 is 28.2 Å². The van der Waals surface area contributed by atoms with E-state index in [2.05, 4.69) is 10.2 Å². The smallest absolute Gasteiger partial charge is 0.407 e. The predicted octanol–water partition coefficient (Wildman–Crippen LogP) is 4.30. The summed E-state index contributed by atoms with van der Waals surface area (Å²) in [6, 6.07) is 2.40. The topological polar surface area (TPSA) is 137 Å². The first kappa shape index (κ1) is 29.2. The highest BCUT2D eigenvalue weighted by Crippen LogP contribution is 2.35. The van der Waals surface area contributed by atoms with Gasteiger partial charge in [-0.05, 0) is 39.7 Å². The molecule has 3 N–H and O–H groups in total. The summed E-state index contributed by atoms with van der Waals surface area (Å²) >= 11 is 6.01. The number of alkyl carbamates (subject to hydrolysis) is 1. The molecule has 34 heavy (non-hydrogen) atoms. The van der Waals surface area contributed by atoms with E-state index in [1.165, 1.54) is 6.07 Å². The number of hydrogen-bond acceptors (Lipinski definition) is 7. The number of nitrogens with one attached hydrogen (secondary N) is 1. The van der Waals surface area contributed by atoms with Gasteiger partial charge in [-0.1, -0.05) is 37.6 Å². The van der Waals surface area contributed by atoms with Gasteiger partial charge in [0.15, 0.2) is 5.02 Å². The van der Waals surface area contributed by atoms with Gasteiger partial charge in [0.05, 0.1) is 4.92 Å². The van der Waals surface area contributed by atoms with Gasteiger partial charge in [-0.15, -0.1) is 0 Å². The van der Waals surface area contributed by atoms with Gasteiger partial charge in [0.25, 0.3) is 5.69 Å². The van der Waals surface area contributed by atoms with Gasteiger partial charge in [0.2, 0.25) is 5.91 Å². The number of hydrogen-bond donors (Lipinski definition) is 2. The van der Waals surface area contributed by atoms with Crippen LogP contribution in [0.15, 0.2) is 24.3 Å². The highest BCUT2D eigenvalue weighted by Gasteiger charge is 2.23. The molecule has 2 amide bonds. The van der Waals surface area contributed by atoms with Crippen LogP contribution in [-0.4, -0.2) is 59.7 Å². The fraction of sp³-hybridized carbons (Fsp3) is 0.565. The predicted molar refractivity (Wildman–Crippen MR) is 131 cm³/mol. The largest absolute Gasteiger partial charge is 0.488 e. The lowest BCUT2D eigenvalue weighted by Crippen LogP contribution is -2.46. The molecule has 0 bridgehead atoms. The first-order valence-corrected chi connectivity index (χ1v) is 11.6. The third kappa shape index (κ3) is 9.96. The number of rotatable bonds is 8. The first-order valence-electron chi connectivity index (χ1n) is 11.2. The molecule has 0 atom stereocenters. The maximum Gasteiger partial charge on any atom is 0.407 e. The molecule has 1 aromatic carbocycles. The van der Waals surface area contributed by atoms with Crippen molar-refractivity contribution in [3.8, 4) is 5.75 Å². The average molecular weight is 499 g/mol. The van der Waals surface area contributed by atoms with Crippen LogP contribution in [0.4, 0.5) is 10.5 Å². The van der Waals surface area contributed by atoms with E-state index in [9.17, 15) is 19.7 Å². The summed E-state index contributed by atoms with van der Waals surface area (Å²) in [7, 11) is 0. The monoisotopic (exact) mass is 498 g/mol. The number of carbonyl (C=O) groups is 2. The van der Waals surface area contributed by atoms with Gasteiger partial charge >= 0.3 is 6.09 Å². The lowest BCUT2D eigenvalue weighted by Gasteiger charge is -2.32. The second-order valence-electron chi connectivity index (χ2n) is 8.43. The van der Waals surface area contributed by atoms with Crippen LogP contribution in [0.5, 0.6) is 5.75 Å².